The number of likely N-dealkylation sites (N-methyl/N-ethyl adjacent to an activating group) is 3. The molecule has 550 valence electrons. The number of nitrogens with zero attached hydrogens (tertiary/aromatic N) is 16. The Hall–Kier alpha value is -8.91. The second kappa shape index (κ2) is 38.2. The van der Waals surface area contributed by atoms with Gasteiger partial charge in [-0.25, -0.2) is 18.5 Å². The number of nitrogen functional groups attached to an aromatic ring is 1. The van der Waals surface area contributed by atoms with E-state index in [1.807, 2.05) is 94.8 Å². The van der Waals surface area contributed by atoms with Crippen molar-refractivity contribution in [2.24, 2.45) is 11.5 Å². The summed E-state index contributed by atoms with van der Waals surface area (Å²) in [6.45, 7) is 34.1. The van der Waals surface area contributed by atoms with Crippen LogP contribution in [0.5, 0.6) is 0 Å². The third-order valence-electron chi connectivity index (χ3n) is 17.2. The number of hydrogen-bond acceptors (Lipinski definition) is 22. The van der Waals surface area contributed by atoms with Gasteiger partial charge in [0, 0.05) is 106 Å². The monoisotopic (exact) mass is 1450 g/mol. The zero-order valence-electron chi connectivity index (χ0n) is 63.1. The fraction of sp³-hybridized carbons (Fsp3) is 0.432. The number of aromatic nitrogens is 11. The van der Waals surface area contributed by atoms with Crippen LogP contribution in [0.25, 0.3) is 39.0 Å². The summed E-state index contributed by atoms with van der Waals surface area (Å²) in [7, 11) is 6.35. The van der Waals surface area contributed by atoms with Crippen molar-refractivity contribution in [1.29, 1.82) is 0 Å². The van der Waals surface area contributed by atoms with E-state index in [4.69, 9.17) is 36.9 Å². The summed E-state index contributed by atoms with van der Waals surface area (Å²) in [5.41, 5.74) is 30.0. The maximum Gasteiger partial charge on any atom is 1.00 e. The van der Waals surface area contributed by atoms with Crippen LogP contribution < -0.4 is 99.3 Å². The molecular weight excluding hydrogens is 1350 g/mol. The minimum Gasteiger partial charge on any atom is -0.850 e. The predicted octanol–water partition coefficient (Wildman–Crippen LogP) is 3.43. The molecule has 3 fully saturated rings. The second-order valence-corrected chi connectivity index (χ2v) is 27.3. The van der Waals surface area contributed by atoms with Crippen molar-refractivity contribution >= 4 is 79.8 Å². The summed E-state index contributed by atoms with van der Waals surface area (Å²) < 4.78 is 5.27. The van der Waals surface area contributed by atoms with Gasteiger partial charge in [-0.05, 0) is 163 Å². The van der Waals surface area contributed by atoms with Crippen LogP contribution in [0.3, 0.4) is 0 Å². The van der Waals surface area contributed by atoms with Gasteiger partial charge in [0.15, 0.2) is 11.5 Å². The molecule has 3 amide bonds. The van der Waals surface area contributed by atoms with E-state index in [0.29, 0.717) is 64.1 Å². The van der Waals surface area contributed by atoms with Gasteiger partial charge >= 0.3 is 57.5 Å². The average Bonchev–Trinajstić information content (AvgIpc) is 1.50. The minimum atomic E-state index is -0.750. The van der Waals surface area contributed by atoms with Gasteiger partial charge in [0.1, 0.15) is 5.69 Å². The number of nitrogens with one attached hydrogen (secondary N) is 2. The van der Waals surface area contributed by atoms with Crippen LogP contribution in [-0.4, -0.2) is 208 Å². The fourth-order valence-corrected chi connectivity index (χ4v) is 12.3. The standard InChI is InChI=1S/C22H27N7O2.C22H25N7O.C13H20N4O.C8H9N3.C4H9O.C4H10O.CO2.K/c1-13-11-29-20(15(3)24-13)10-19(26-29)22(31)25-18-6-5-16(9-17(18)21(23)30)28-8-7-27(4)12-14(28)2;1-13-11-29-20(15(3)23-13)10-19(26-29)21-24-18-6-5-16(9-17(18)22(30)25-21)28-8-7-27(4)12-14(28)2;1-9-8-16(2)5-6-17(9)10-3-4-12(14)11(7-10)13(15)18;1-6-5-11-8(3-4-9-11)7(2)10-6;1-4(2,3)5;1-2-3-4-5;2-1-3;/h5-6,9-11,14H,7-8,12H2,1-4H3,(H2,23,30)(H,25,31);5-6,9-11,14H,7-8,12H2,1-4H3,(H,24,25,30);3-4,7,9H,5-6,8,14H2,1-2H3,(H2,15,18);3-5H,1-2H3;1-3H3;5H,2-4H2,1H3;;/q;;;;-1;;;+1/t2*14-;9-;;;;;/m000...../s1. The molecular formula is C74H100KN21O8. The quantitative estimate of drug-likeness (QED) is 0.0843. The third kappa shape index (κ3) is 23.0. The number of carbonyl (C=O) groups is 3. The molecule has 0 radical (unpaired) electrons. The van der Waals surface area contributed by atoms with E-state index in [1.165, 1.54) is 0 Å². The maximum absolute atomic E-state index is 12.9. The molecule has 13 rings (SSSR count). The van der Waals surface area contributed by atoms with Crippen LogP contribution in [0.2, 0.25) is 0 Å². The van der Waals surface area contributed by atoms with Crippen LogP contribution in [0.1, 0.15) is 127 Å². The van der Waals surface area contributed by atoms with Crippen molar-refractivity contribution in [2.45, 2.75) is 127 Å². The Morgan fingerprint density at radius 2 is 1.07 bits per heavy atom. The van der Waals surface area contributed by atoms with Gasteiger partial charge < -0.3 is 67.1 Å². The van der Waals surface area contributed by atoms with Gasteiger partial charge in [-0.15, -0.1) is 5.60 Å². The summed E-state index contributed by atoms with van der Waals surface area (Å²) in [5, 5.41) is 34.6. The van der Waals surface area contributed by atoms with Crippen LogP contribution >= 0.6 is 0 Å². The molecule has 10 aromatic rings. The van der Waals surface area contributed by atoms with E-state index >= 15 is 0 Å². The number of aliphatic hydroxyl groups excluding tert-OH is 1. The first-order chi connectivity index (χ1) is 48.7. The maximum atomic E-state index is 12.9. The van der Waals surface area contributed by atoms with Crippen molar-refractivity contribution in [3.05, 3.63) is 159 Å². The molecule has 3 saturated heterocycles. The summed E-state index contributed by atoms with van der Waals surface area (Å²) >= 11 is 0. The normalized spacial score (nSPS) is 16.1. The predicted molar refractivity (Wildman–Crippen MR) is 401 cm³/mol. The van der Waals surface area contributed by atoms with E-state index in [2.05, 4.69) is 125 Å². The van der Waals surface area contributed by atoms with Crippen LogP contribution in [0, 0.1) is 41.5 Å². The Morgan fingerprint density at radius 3 is 1.54 bits per heavy atom. The van der Waals surface area contributed by atoms with Crippen LogP contribution in [-0.2, 0) is 9.59 Å². The topological polar surface area (TPSA) is 374 Å². The number of benzene rings is 3. The number of H-pyrrole nitrogens is 1. The zero-order chi connectivity index (χ0) is 75.7. The van der Waals surface area contributed by atoms with Crippen molar-refractivity contribution in [2.75, 3.05) is 112 Å². The number of amides is 3. The molecule has 0 aliphatic carbocycles. The molecule has 9 N–H and O–H groups in total. The van der Waals surface area contributed by atoms with Gasteiger partial charge in [0.2, 0.25) is 0 Å². The Labute approximate surface area is 649 Å². The van der Waals surface area contributed by atoms with Gasteiger partial charge in [0.05, 0.1) is 103 Å². The Morgan fingerprint density at radius 1 is 0.625 bits per heavy atom. The number of anilines is 5. The zero-order valence-corrected chi connectivity index (χ0v) is 66.3. The minimum absolute atomic E-state index is 0. The molecule has 3 atom stereocenters. The first-order valence-electron chi connectivity index (χ1n) is 34.3. The first-order valence-corrected chi connectivity index (χ1v) is 34.3. The van der Waals surface area contributed by atoms with Crippen LogP contribution in [0.15, 0.2) is 102 Å². The molecule has 0 bridgehead atoms. The van der Waals surface area contributed by atoms with E-state index in [9.17, 15) is 24.3 Å². The second-order valence-electron chi connectivity index (χ2n) is 27.3. The molecule has 0 unspecified atom stereocenters. The number of nitrogens with two attached hydrogens (primary N) is 3. The average molecular weight is 1450 g/mol. The molecule has 104 heavy (non-hydrogen) atoms. The van der Waals surface area contributed by atoms with E-state index < -0.39 is 23.3 Å². The molecule has 3 aliphatic heterocycles. The summed E-state index contributed by atoms with van der Waals surface area (Å²) in [5.74, 6) is -1.02. The molecule has 10 heterocycles. The van der Waals surface area contributed by atoms with Crippen molar-refractivity contribution in [3.8, 4) is 11.5 Å². The molecule has 7 aromatic heterocycles. The fourth-order valence-electron chi connectivity index (χ4n) is 12.3. The number of carbonyl (C=O) groups excluding carboxylic acids is 5. The molecule has 29 nitrogen and oxygen atoms in total. The van der Waals surface area contributed by atoms with Gasteiger partial charge in [-0.3, -0.25) is 34.1 Å². The van der Waals surface area contributed by atoms with Crippen LogP contribution in [0.4, 0.5) is 28.4 Å². The number of aliphatic hydroxyl groups is 1. The number of hydrogen-bond donors (Lipinski definition) is 6. The van der Waals surface area contributed by atoms with E-state index in [1.54, 1.807) is 72.5 Å². The largest absolute Gasteiger partial charge is 1.00 e. The molecule has 3 aliphatic rings. The Bertz CT molecular complexity index is 4670. The number of rotatable bonds is 10. The summed E-state index contributed by atoms with van der Waals surface area (Å²) in [6.07, 6.45) is 9.62. The van der Waals surface area contributed by atoms with Crippen molar-refractivity contribution in [3.63, 3.8) is 0 Å². The number of aryl methyl sites for hydroxylation is 6. The number of unbranched alkanes of at least 4 members (excludes halogenated alkanes) is 1. The van der Waals surface area contributed by atoms with E-state index in [-0.39, 0.29) is 74.4 Å². The van der Waals surface area contributed by atoms with Crippen molar-refractivity contribution in [1.82, 2.24) is 68.5 Å². The number of primary amides is 2. The summed E-state index contributed by atoms with van der Waals surface area (Å²) in [4.78, 5) is 100. The SMILES string of the molecule is CC(C)(C)[O-].CCCCO.C[C@H]1CN(C)CCN1c1ccc(N)c(C(N)=O)c1.Cc1cn2nc(-c3nc4ccc(N5CCN(C)C[C@@H]5C)cc4c(=O)[nH]3)cc2c(C)n1.Cc1cn2nc(C(=O)Nc3ccc(N4CCN(C)C[C@@H]4C)cc3C(N)=O)cc2c(C)n1.Cc1cn2nccc2c(C)n1.O=C=O.[K+]. The molecule has 3 aromatic carbocycles. The smallest absolute Gasteiger partial charge is 0.850 e. The molecule has 0 spiro atoms. The van der Waals surface area contributed by atoms with Gasteiger partial charge in [-0.2, -0.15) is 24.9 Å². The summed E-state index contributed by atoms with van der Waals surface area (Å²) in [6, 6.07) is 23.5. The third-order valence-corrected chi connectivity index (χ3v) is 17.2. The number of piperazine rings is 3. The van der Waals surface area contributed by atoms with E-state index in [0.717, 1.165) is 140 Å². The van der Waals surface area contributed by atoms with Gasteiger partial charge in [-0.1, -0.05) is 34.1 Å². The molecule has 30 heteroatoms. The Balaban J connectivity index is 0.000000214. The Kier molecular flexibility index (Phi) is 30.9. The number of aromatic amines is 1. The van der Waals surface area contributed by atoms with Crippen molar-refractivity contribution < 1.29 is 85.6 Å². The van der Waals surface area contributed by atoms with Gasteiger partial charge in [0.25, 0.3) is 23.3 Å². The number of fused-ring (bicyclic) bond motifs is 4. The molecule has 0 saturated carbocycles. The first kappa shape index (κ1) is 84.0.